The normalized spacial score (nSPS) is 17.2. The first kappa shape index (κ1) is 17.1. The van der Waals surface area contributed by atoms with Crippen molar-refractivity contribution < 1.29 is 9.84 Å². The number of nitriles is 1. The highest BCUT2D eigenvalue weighted by molar-refractivity contribution is 7.11. The van der Waals surface area contributed by atoms with Crippen molar-refractivity contribution in [3.05, 3.63) is 46.0 Å². The largest absolute Gasteiger partial charge is 0.509 e. The highest BCUT2D eigenvalue weighted by Crippen LogP contribution is 2.34. The lowest BCUT2D eigenvalue weighted by atomic mass is 10.1. The molecule has 0 saturated carbocycles. The topological polar surface area (TPSA) is 93.2 Å². The minimum Gasteiger partial charge on any atom is -0.509 e. The summed E-state index contributed by atoms with van der Waals surface area (Å²) < 4.78 is 5.08. The number of hydrogen-bond acceptors (Lipinski definition) is 6. The number of benzene rings is 1. The lowest BCUT2D eigenvalue weighted by Gasteiger charge is -2.23. The molecule has 2 heterocycles. The molecule has 2 N–H and O–H groups in total. The first-order valence-corrected chi connectivity index (χ1v) is 8.68. The maximum Gasteiger partial charge on any atom is 0.135 e. The highest BCUT2D eigenvalue weighted by atomic mass is 32.1. The van der Waals surface area contributed by atoms with Gasteiger partial charge in [0.1, 0.15) is 16.6 Å². The van der Waals surface area contributed by atoms with Crippen molar-refractivity contribution in [1.82, 2.24) is 9.88 Å². The Hall–Kier alpha value is -2.69. The van der Waals surface area contributed by atoms with E-state index in [1.807, 2.05) is 24.4 Å². The number of aliphatic hydroxyl groups excluding tert-OH is 1. The number of nitrogens with zero attached hydrogens (tertiary/aromatic N) is 3. The molecule has 3 rings (SSSR count). The third kappa shape index (κ3) is 3.14. The van der Waals surface area contributed by atoms with Crippen molar-refractivity contribution >= 4 is 22.7 Å². The fraction of sp³-hybridized carbons (Fsp3) is 0.278. The summed E-state index contributed by atoms with van der Waals surface area (Å²) in [5.41, 5.74) is 2.74. The number of ether oxygens (including phenoxy) is 1. The van der Waals surface area contributed by atoms with Gasteiger partial charge in [0.05, 0.1) is 35.5 Å². The van der Waals surface area contributed by atoms with Crippen molar-refractivity contribution in [1.29, 1.82) is 10.7 Å². The Morgan fingerprint density at radius 1 is 1.40 bits per heavy atom. The second kappa shape index (κ2) is 7.05. The maximum atomic E-state index is 10.5. The lowest BCUT2D eigenvalue weighted by Crippen LogP contribution is -2.35. The molecule has 0 aliphatic carbocycles. The second-order valence-electron chi connectivity index (χ2n) is 5.70. The smallest absolute Gasteiger partial charge is 0.135 e. The van der Waals surface area contributed by atoms with Crippen LogP contribution in [0.1, 0.15) is 17.5 Å². The van der Waals surface area contributed by atoms with E-state index in [0.717, 1.165) is 11.3 Å². The molecule has 1 aliphatic heterocycles. The van der Waals surface area contributed by atoms with Crippen LogP contribution < -0.4 is 0 Å². The summed E-state index contributed by atoms with van der Waals surface area (Å²) in [5, 5.41) is 30.3. The monoisotopic (exact) mass is 354 g/mol. The van der Waals surface area contributed by atoms with E-state index in [1.54, 1.807) is 24.1 Å². The number of methoxy groups -OCH3 is 1. The molecule has 1 aromatic heterocycles. The van der Waals surface area contributed by atoms with Gasteiger partial charge in [-0.2, -0.15) is 5.26 Å². The molecule has 0 fully saturated rings. The predicted molar refractivity (Wildman–Crippen MR) is 97.6 cm³/mol. The Labute approximate surface area is 150 Å². The third-order valence-corrected chi connectivity index (χ3v) is 5.07. The van der Waals surface area contributed by atoms with Gasteiger partial charge < -0.3 is 14.7 Å². The highest BCUT2D eigenvalue weighted by Gasteiger charge is 2.35. The minimum atomic E-state index is -0.264. The van der Waals surface area contributed by atoms with Crippen molar-refractivity contribution in [3.63, 3.8) is 0 Å². The summed E-state index contributed by atoms with van der Waals surface area (Å²) in [4.78, 5) is 6.39. The number of aliphatic hydroxyl groups is 1. The summed E-state index contributed by atoms with van der Waals surface area (Å²) in [6, 6.07) is 9.01. The van der Waals surface area contributed by atoms with Crippen molar-refractivity contribution in [2.75, 3.05) is 20.3 Å². The van der Waals surface area contributed by atoms with Gasteiger partial charge in [-0.05, 0) is 19.1 Å². The van der Waals surface area contributed by atoms with E-state index in [4.69, 9.17) is 15.4 Å². The lowest BCUT2D eigenvalue weighted by molar-refractivity contribution is 0.164. The number of rotatable bonds is 5. The molecule has 0 bridgehead atoms. The van der Waals surface area contributed by atoms with Gasteiger partial charge in [-0.15, -0.1) is 11.3 Å². The Kier molecular flexibility index (Phi) is 4.83. The van der Waals surface area contributed by atoms with Gasteiger partial charge in [-0.25, -0.2) is 4.98 Å². The number of thiazole rings is 1. The average molecular weight is 354 g/mol. The summed E-state index contributed by atoms with van der Waals surface area (Å²) in [7, 11) is 1.61. The Balaban J connectivity index is 1.88. The SMILES string of the molecule is COCCN1C(=N)C(c2nc(-c3ccc(C#N)cc3)cs2)=C(O)C1C. The molecule has 1 aromatic carbocycles. The van der Waals surface area contributed by atoms with Crippen LogP contribution in [0.5, 0.6) is 0 Å². The fourth-order valence-electron chi connectivity index (χ4n) is 2.76. The van der Waals surface area contributed by atoms with E-state index in [2.05, 4.69) is 11.1 Å². The van der Waals surface area contributed by atoms with Crippen LogP contribution in [-0.4, -0.2) is 47.1 Å². The molecular weight excluding hydrogens is 336 g/mol. The second-order valence-corrected chi connectivity index (χ2v) is 6.56. The molecule has 0 spiro atoms. The molecule has 6 nitrogen and oxygen atoms in total. The number of hydrogen-bond donors (Lipinski definition) is 2. The quantitative estimate of drug-likeness (QED) is 0.859. The Morgan fingerprint density at radius 2 is 2.12 bits per heavy atom. The van der Waals surface area contributed by atoms with Crippen molar-refractivity contribution in [2.45, 2.75) is 13.0 Å². The van der Waals surface area contributed by atoms with Crippen LogP contribution in [0.4, 0.5) is 0 Å². The summed E-state index contributed by atoms with van der Waals surface area (Å²) in [6.07, 6.45) is 0. The van der Waals surface area contributed by atoms with E-state index in [9.17, 15) is 5.11 Å². The molecule has 0 saturated heterocycles. The van der Waals surface area contributed by atoms with Gasteiger partial charge in [-0.3, -0.25) is 5.41 Å². The Morgan fingerprint density at radius 3 is 2.76 bits per heavy atom. The fourth-order valence-corrected chi connectivity index (χ4v) is 3.64. The van der Waals surface area contributed by atoms with Crippen LogP contribution in [0.25, 0.3) is 16.8 Å². The van der Waals surface area contributed by atoms with E-state index in [0.29, 0.717) is 29.3 Å². The number of amidine groups is 1. The standard InChI is InChI=1S/C18H18N4O2S/c1-11-16(23)15(17(20)22(11)7-8-24-2)18-21-14(10-25-18)13-5-3-12(9-19)4-6-13/h3-6,10-11,20,23H,7-8H2,1-2H3. The number of aromatic nitrogens is 1. The average Bonchev–Trinajstić information content (AvgIpc) is 3.18. The predicted octanol–water partition coefficient (Wildman–Crippen LogP) is 3.28. The van der Waals surface area contributed by atoms with Crippen LogP contribution in [0, 0.1) is 16.7 Å². The minimum absolute atomic E-state index is 0.168. The van der Waals surface area contributed by atoms with Gasteiger partial charge in [0.25, 0.3) is 0 Å². The molecule has 128 valence electrons. The summed E-state index contributed by atoms with van der Waals surface area (Å²) in [6.45, 7) is 2.89. The van der Waals surface area contributed by atoms with Gasteiger partial charge in [0.2, 0.25) is 0 Å². The first-order chi connectivity index (χ1) is 12.1. The summed E-state index contributed by atoms with van der Waals surface area (Å²) in [5.74, 6) is 0.435. The van der Waals surface area contributed by atoms with Crippen molar-refractivity contribution in [2.24, 2.45) is 0 Å². The van der Waals surface area contributed by atoms with Gasteiger partial charge in [0.15, 0.2) is 0 Å². The summed E-state index contributed by atoms with van der Waals surface area (Å²) >= 11 is 1.39. The van der Waals surface area contributed by atoms with E-state index in [1.165, 1.54) is 11.3 Å². The number of nitrogens with one attached hydrogen (secondary N) is 1. The molecule has 1 unspecified atom stereocenters. The molecule has 25 heavy (non-hydrogen) atoms. The van der Waals surface area contributed by atoms with E-state index >= 15 is 0 Å². The van der Waals surface area contributed by atoms with Gasteiger partial charge in [0, 0.05) is 24.6 Å². The van der Waals surface area contributed by atoms with Crippen LogP contribution >= 0.6 is 11.3 Å². The van der Waals surface area contributed by atoms with Crippen molar-refractivity contribution in [3.8, 4) is 17.3 Å². The molecule has 0 amide bonds. The zero-order chi connectivity index (χ0) is 18.0. The molecule has 1 atom stereocenters. The van der Waals surface area contributed by atoms with Gasteiger partial charge in [-0.1, -0.05) is 12.1 Å². The zero-order valence-corrected chi connectivity index (χ0v) is 14.8. The third-order valence-electron chi connectivity index (χ3n) is 4.21. The Bertz CT molecular complexity index is 864. The molecular formula is C18H18N4O2S. The van der Waals surface area contributed by atoms with Crippen LogP contribution in [0.15, 0.2) is 35.4 Å². The van der Waals surface area contributed by atoms with E-state index < -0.39 is 0 Å². The van der Waals surface area contributed by atoms with Crippen LogP contribution in [-0.2, 0) is 4.74 Å². The molecule has 2 aromatic rings. The van der Waals surface area contributed by atoms with E-state index in [-0.39, 0.29) is 17.6 Å². The first-order valence-electron chi connectivity index (χ1n) is 7.81. The van der Waals surface area contributed by atoms with Crippen LogP contribution in [0.2, 0.25) is 0 Å². The van der Waals surface area contributed by atoms with Gasteiger partial charge >= 0.3 is 0 Å². The zero-order valence-electron chi connectivity index (χ0n) is 14.0. The molecule has 7 heteroatoms. The molecule has 1 aliphatic rings. The maximum absolute atomic E-state index is 10.5. The molecule has 0 radical (unpaired) electrons. The van der Waals surface area contributed by atoms with Crippen LogP contribution in [0.3, 0.4) is 0 Å².